The van der Waals surface area contributed by atoms with E-state index in [1.807, 2.05) is 24.3 Å². The molecule has 0 atom stereocenters. The highest BCUT2D eigenvalue weighted by Crippen LogP contribution is 2.30. The molecule has 0 spiro atoms. The fraction of sp³-hybridized carbons (Fsp3) is 0.600. The Hall–Kier alpha value is -0.720. The summed E-state index contributed by atoms with van der Waals surface area (Å²) in [6.45, 7) is 4.77. The summed E-state index contributed by atoms with van der Waals surface area (Å²) in [6.07, 6.45) is 2.02. The van der Waals surface area contributed by atoms with E-state index in [9.17, 15) is 8.42 Å². The van der Waals surface area contributed by atoms with E-state index in [-0.39, 0.29) is 11.8 Å². The molecule has 0 radical (unpaired) electrons. The minimum absolute atomic E-state index is 0.200. The fourth-order valence-electron chi connectivity index (χ4n) is 2.16. The molecule has 118 valence electrons. The number of anilines is 1. The van der Waals surface area contributed by atoms with Crippen molar-refractivity contribution in [2.45, 2.75) is 37.6 Å². The first kappa shape index (κ1) is 16.6. The predicted molar refractivity (Wildman–Crippen MR) is 89.9 cm³/mol. The van der Waals surface area contributed by atoms with Gasteiger partial charge < -0.3 is 5.73 Å². The van der Waals surface area contributed by atoms with Gasteiger partial charge in [0.15, 0.2) is 0 Å². The highest BCUT2D eigenvalue weighted by molar-refractivity contribution is 8.00. The molecule has 4 nitrogen and oxygen atoms in total. The maximum absolute atomic E-state index is 12.5. The Labute approximate surface area is 132 Å². The molecule has 0 aliphatic heterocycles. The van der Waals surface area contributed by atoms with Crippen molar-refractivity contribution in [1.29, 1.82) is 0 Å². The summed E-state index contributed by atoms with van der Waals surface area (Å²) in [5, 5.41) is 0. The monoisotopic (exact) mass is 328 g/mol. The summed E-state index contributed by atoms with van der Waals surface area (Å²) in [4.78, 5) is 1.06. The number of hydrogen-bond donors (Lipinski definition) is 1. The van der Waals surface area contributed by atoms with Gasteiger partial charge in [-0.3, -0.25) is 0 Å². The van der Waals surface area contributed by atoms with Gasteiger partial charge in [-0.05, 0) is 43.0 Å². The number of nitrogen functional groups attached to an aromatic ring is 1. The van der Waals surface area contributed by atoms with Crippen molar-refractivity contribution in [2.75, 3.05) is 23.8 Å². The van der Waals surface area contributed by atoms with E-state index in [2.05, 4.69) is 13.8 Å². The average Bonchev–Trinajstić information content (AvgIpc) is 3.22. The largest absolute Gasteiger partial charge is 0.399 e. The van der Waals surface area contributed by atoms with E-state index in [0.717, 1.165) is 23.4 Å². The van der Waals surface area contributed by atoms with Gasteiger partial charge in [-0.1, -0.05) is 13.8 Å². The van der Waals surface area contributed by atoms with E-state index in [0.29, 0.717) is 18.2 Å². The molecular formula is C15H24N2O2S2. The molecule has 0 heterocycles. The average molecular weight is 329 g/mol. The normalized spacial score (nSPS) is 15.8. The second-order valence-corrected chi connectivity index (χ2v) is 9.14. The zero-order valence-corrected chi connectivity index (χ0v) is 14.3. The molecule has 6 heteroatoms. The van der Waals surface area contributed by atoms with Crippen molar-refractivity contribution in [2.24, 2.45) is 5.92 Å². The highest BCUT2D eigenvalue weighted by atomic mass is 32.2. The van der Waals surface area contributed by atoms with Crippen LogP contribution in [0.5, 0.6) is 0 Å². The van der Waals surface area contributed by atoms with E-state index < -0.39 is 10.0 Å². The van der Waals surface area contributed by atoms with Gasteiger partial charge in [0.05, 0.1) is 5.75 Å². The van der Waals surface area contributed by atoms with Crippen LogP contribution in [0.2, 0.25) is 0 Å². The van der Waals surface area contributed by atoms with Gasteiger partial charge in [-0.2, -0.15) is 4.31 Å². The van der Waals surface area contributed by atoms with Gasteiger partial charge in [0.1, 0.15) is 0 Å². The Morgan fingerprint density at radius 1 is 1.29 bits per heavy atom. The van der Waals surface area contributed by atoms with Crippen LogP contribution < -0.4 is 5.73 Å². The zero-order valence-electron chi connectivity index (χ0n) is 12.7. The number of benzene rings is 1. The Kier molecular flexibility index (Phi) is 5.57. The summed E-state index contributed by atoms with van der Waals surface area (Å²) in [7, 11) is -3.14. The van der Waals surface area contributed by atoms with E-state index in [1.54, 1.807) is 16.1 Å². The van der Waals surface area contributed by atoms with Gasteiger partial charge in [0.2, 0.25) is 10.0 Å². The fourth-order valence-corrected chi connectivity index (χ4v) is 5.32. The highest BCUT2D eigenvalue weighted by Gasteiger charge is 2.36. The summed E-state index contributed by atoms with van der Waals surface area (Å²) < 4.78 is 26.7. The first-order chi connectivity index (χ1) is 9.88. The molecule has 1 aromatic carbocycles. The molecule has 0 unspecified atom stereocenters. The first-order valence-electron chi connectivity index (χ1n) is 7.36. The third-order valence-corrected chi connectivity index (χ3v) is 6.50. The van der Waals surface area contributed by atoms with Crippen LogP contribution in [0.1, 0.15) is 26.7 Å². The van der Waals surface area contributed by atoms with Crippen molar-refractivity contribution in [1.82, 2.24) is 4.31 Å². The maximum Gasteiger partial charge on any atom is 0.215 e. The number of sulfonamides is 1. The van der Waals surface area contributed by atoms with Gasteiger partial charge in [0, 0.05) is 28.9 Å². The molecule has 0 bridgehead atoms. The van der Waals surface area contributed by atoms with Crippen LogP contribution in [0, 0.1) is 5.92 Å². The van der Waals surface area contributed by atoms with Crippen LogP contribution >= 0.6 is 11.8 Å². The standard InChI is InChI=1S/C15H24N2O2S2/c1-12(2)11-17(14-5-6-14)21(18,19)10-9-20-15-7-3-13(16)4-8-15/h3-4,7-8,12,14H,5-6,9-11,16H2,1-2H3. The van der Waals surface area contributed by atoms with Crippen LogP contribution in [0.4, 0.5) is 5.69 Å². The van der Waals surface area contributed by atoms with Crippen molar-refractivity contribution in [3.8, 4) is 0 Å². The van der Waals surface area contributed by atoms with E-state index in [1.165, 1.54) is 0 Å². The lowest BCUT2D eigenvalue weighted by Gasteiger charge is -2.23. The van der Waals surface area contributed by atoms with Crippen molar-refractivity contribution < 1.29 is 8.42 Å². The molecule has 2 rings (SSSR count). The molecule has 0 aromatic heterocycles. The SMILES string of the molecule is CC(C)CN(C1CC1)S(=O)(=O)CCSc1ccc(N)cc1. The molecule has 1 aliphatic rings. The molecule has 2 N–H and O–H groups in total. The van der Waals surface area contributed by atoms with Crippen LogP contribution in [-0.4, -0.2) is 36.8 Å². The molecule has 0 amide bonds. The first-order valence-corrected chi connectivity index (χ1v) is 9.96. The molecule has 1 aromatic rings. The summed E-state index contributed by atoms with van der Waals surface area (Å²) in [6, 6.07) is 7.79. The molecule has 21 heavy (non-hydrogen) atoms. The number of thioether (sulfide) groups is 1. The smallest absolute Gasteiger partial charge is 0.215 e. The van der Waals surface area contributed by atoms with Gasteiger partial charge in [-0.25, -0.2) is 8.42 Å². The third-order valence-electron chi connectivity index (χ3n) is 3.35. The Morgan fingerprint density at radius 2 is 1.90 bits per heavy atom. The van der Waals surface area contributed by atoms with Crippen LogP contribution in [0.15, 0.2) is 29.2 Å². The Bertz CT molecular complexity index is 552. The van der Waals surface area contributed by atoms with Crippen molar-refractivity contribution in [3.63, 3.8) is 0 Å². The minimum Gasteiger partial charge on any atom is -0.399 e. The number of hydrogen-bond acceptors (Lipinski definition) is 4. The number of nitrogens with zero attached hydrogens (tertiary/aromatic N) is 1. The van der Waals surface area contributed by atoms with Crippen LogP contribution in [0.3, 0.4) is 0 Å². The zero-order chi connectivity index (χ0) is 15.5. The predicted octanol–water partition coefficient (Wildman–Crippen LogP) is 2.81. The van der Waals surface area contributed by atoms with E-state index in [4.69, 9.17) is 5.73 Å². The van der Waals surface area contributed by atoms with Crippen LogP contribution in [-0.2, 0) is 10.0 Å². The van der Waals surface area contributed by atoms with Crippen LogP contribution in [0.25, 0.3) is 0 Å². The second kappa shape index (κ2) is 7.03. The maximum atomic E-state index is 12.5. The Balaban J connectivity index is 1.89. The number of nitrogens with two attached hydrogens (primary N) is 1. The van der Waals surface area contributed by atoms with Gasteiger partial charge in [-0.15, -0.1) is 11.8 Å². The lowest BCUT2D eigenvalue weighted by atomic mass is 10.2. The lowest BCUT2D eigenvalue weighted by molar-refractivity contribution is 0.361. The minimum atomic E-state index is -3.14. The van der Waals surface area contributed by atoms with Crippen molar-refractivity contribution >= 4 is 27.5 Å². The molecule has 0 saturated heterocycles. The summed E-state index contributed by atoms with van der Waals surface area (Å²) in [5.41, 5.74) is 6.36. The lowest BCUT2D eigenvalue weighted by Crippen LogP contribution is -2.38. The number of rotatable bonds is 8. The molecule has 1 aliphatic carbocycles. The quantitative estimate of drug-likeness (QED) is 0.589. The second-order valence-electron chi connectivity index (χ2n) is 5.93. The Morgan fingerprint density at radius 3 is 2.43 bits per heavy atom. The summed E-state index contributed by atoms with van der Waals surface area (Å²) >= 11 is 1.56. The van der Waals surface area contributed by atoms with Gasteiger partial charge >= 0.3 is 0 Å². The van der Waals surface area contributed by atoms with E-state index >= 15 is 0 Å². The molecular weight excluding hydrogens is 304 g/mol. The topological polar surface area (TPSA) is 63.4 Å². The van der Waals surface area contributed by atoms with Gasteiger partial charge in [0.25, 0.3) is 0 Å². The molecule has 1 fully saturated rings. The molecule has 1 saturated carbocycles. The summed E-state index contributed by atoms with van der Waals surface area (Å²) in [5.74, 6) is 1.14. The third kappa shape index (κ3) is 5.20. The van der Waals surface area contributed by atoms with Crippen molar-refractivity contribution in [3.05, 3.63) is 24.3 Å².